The van der Waals surface area contributed by atoms with Crippen LogP contribution in [0.15, 0.2) is 95.1 Å². The zero-order valence-electron chi connectivity index (χ0n) is 16.9. The van der Waals surface area contributed by atoms with Crippen molar-refractivity contribution in [3.8, 4) is 0 Å². The van der Waals surface area contributed by atoms with Crippen LogP contribution < -0.4 is 10.0 Å². The Hall–Kier alpha value is -3.40. The Morgan fingerprint density at radius 2 is 0.857 bits per heavy atom. The second-order valence-electron chi connectivity index (χ2n) is 6.67. The van der Waals surface area contributed by atoms with Crippen LogP contribution in [0.2, 0.25) is 0 Å². The van der Waals surface area contributed by atoms with Gasteiger partial charge in [0, 0.05) is 14.1 Å². The molecule has 3 rings (SSSR count). The molecule has 0 saturated carbocycles. The van der Waals surface area contributed by atoms with Gasteiger partial charge in [0.1, 0.15) is 0 Å². The molecule has 4 nitrogen and oxygen atoms in total. The maximum Gasteiger partial charge on any atom is 0.0650 e. The molecule has 142 valence electrons. The maximum atomic E-state index is 4.69. The van der Waals surface area contributed by atoms with Gasteiger partial charge in [0.15, 0.2) is 0 Å². The predicted molar refractivity (Wildman–Crippen MR) is 121 cm³/mol. The fraction of sp³-hybridized carbons (Fsp3) is 0.167. The molecule has 0 bridgehead atoms. The van der Waals surface area contributed by atoms with Crippen LogP contribution in [-0.4, -0.2) is 25.5 Å². The minimum Gasteiger partial charge on any atom is -0.268 e. The number of hydrazone groups is 2. The van der Waals surface area contributed by atoms with Crippen molar-refractivity contribution in [2.45, 2.75) is 13.8 Å². The zero-order valence-corrected chi connectivity index (χ0v) is 16.9. The largest absolute Gasteiger partial charge is 0.268 e. The lowest BCUT2D eigenvalue weighted by Gasteiger charge is -2.15. The molecule has 0 aliphatic heterocycles. The number of rotatable bonds is 6. The number of hydrogen-bond acceptors (Lipinski definition) is 4. The van der Waals surface area contributed by atoms with Crippen molar-refractivity contribution in [3.63, 3.8) is 0 Å². The van der Waals surface area contributed by atoms with Gasteiger partial charge in [-0.1, -0.05) is 60.7 Å². The second kappa shape index (κ2) is 9.00. The fourth-order valence-corrected chi connectivity index (χ4v) is 2.92. The lowest BCUT2D eigenvalue weighted by molar-refractivity contribution is 1.01. The van der Waals surface area contributed by atoms with Crippen LogP contribution in [0.5, 0.6) is 0 Å². The summed E-state index contributed by atoms with van der Waals surface area (Å²) in [6.07, 6.45) is 0. The first-order chi connectivity index (χ1) is 13.5. The van der Waals surface area contributed by atoms with E-state index in [1.807, 2.05) is 98.6 Å². The summed E-state index contributed by atoms with van der Waals surface area (Å²) in [5.41, 5.74) is 6.24. The van der Waals surface area contributed by atoms with E-state index in [0.717, 1.165) is 33.9 Å². The highest BCUT2D eigenvalue weighted by atomic mass is 15.4. The van der Waals surface area contributed by atoms with E-state index in [1.54, 1.807) is 0 Å². The van der Waals surface area contributed by atoms with Gasteiger partial charge in [0.05, 0.1) is 22.8 Å². The van der Waals surface area contributed by atoms with E-state index >= 15 is 0 Å². The zero-order chi connectivity index (χ0) is 19.9. The Morgan fingerprint density at radius 3 is 1.18 bits per heavy atom. The topological polar surface area (TPSA) is 31.2 Å². The van der Waals surface area contributed by atoms with Gasteiger partial charge >= 0.3 is 0 Å². The van der Waals surface area contributed by atoms with Gasteiger partial charge in [-0.05, 0) is 49.2 Å². The molecular formula is C24H26N4. The van der Waals surface area contributed by atoms with Gasteiger partial charge in [-0.25, -0.2) is 0 Å². The smallest absolute Gasteiger partial charge is 0.0650 e. The van der Waals surface area contributed by atoms with E-state index in [-0.39, 0.29) is 0 Å². The van der Waals surface area contributed by atoms with Gasteiger partial charge in [-0.15, -0.1) is 0 Å². The summed E-state index contributed by atoms with van der Waals surface area (Å²) in [4.78, 5) is 0. The highest BCUT2D eigenvalue weighted by molar-refractivity contribution is 6.02. The van der Waals surface area contributed by atoms with E-state index in [1.165, 1.54) is 0 Å². The van der Waals surface area contributed by atoms with Crippen molar-refractivity contribution in [3.05, 3.63) is 96.1 Å². The molecule has 0 heterocycles. The monoisotopic (exact) mass is 370 g/mol. The molecule has 0 radical (unpaired) electrons. The lowest BCUT2D eigenvalue weighted by atomic mass is 10.1. The Bertz CT molecular complexity index is 864. The SMILES string of the molecule is CC(=NN(C)c1ccccc1)c1ccc(C(C)=NN(C)c2ccccc2)cc1. The molecule has 0 amide bonds. The van der Waals surface area contributed by atoms with Crippen LogP contribution in [0.1, 0.15) is 25.0 Å². The molecule has 3 aromatic rings. The minimum absolute atomic E-state index is 0.967. The summed E-state index contributed by atoms with van der Waals surface area (Å²) in [5.74, 6) is 0. The summed E-state index contributed by atoms with van der Waals surface area (Å²) in [6.45, 7) is 4.05. The lowest BCUT2D eigenvalue weighted by Crippen LogP contribution is -2.13. The van der Waals surface area contributed by atoms with E-state index in [4.69, 9.17) is 10.2 Å². The molecule has 4 heteroatoms. The highest BCUT2D eigenvalue weighted by Crippen LogP contribution is 2.15. The molecule has 0 saturated heterocycles. The Morgan fingerprint density at radius 1 is 0.536 bits per heavy atom. The number of para-hydroxylation sites is 2. The standard InChI is InChI=1S/C24H26N4/c1-19(25-27(3)23-11-7-5-8-12-23)21-15-17-22(18-16-21)20(2)26-28(4)24-13-9-6-10-14-24/h5-18H,1-4H3. The van der Waals surface area contributed by atoms with Crippen LogP contribution >= 0.6 is 0 Å². The normalized spacial score (nSPS) is 12.0. The maximum absolute atomic E-state index is 4.69. The second-order valence-corrected chi connectivity index (χ2v) is 6.67. The van der Waals surface area contributed by atoms with Gasteiger partial charge in [0.25, 0.3) is 0 Å². The Kier molecular flexibility index (Phi) is 6.22. The van der Waals surface area contributed by atoms with Crippen molar-refractivity contribution in [1.82, 2.24) is 0 Å². The molecule has 3 aromatic carbocycles. The summed E-state index contributed by atoms with van der Waals surface area (Å²) < 4.78 is 0. The number of anilines is 2. The molecule has 0 N–H and O–H groups in total. The average molecular weight is 371 g/mol. The van der Waals surface area contributed by atoms with Gasteiger partial charge < -0.3 is 0 Å². The van der Waals surface area contributed by atoms with Crippen LogP contribution in [0.3, 0.4) is 0 Å². The number of hydrogen-bond donors (Lipinski definition) is 0. The molecular weight excluding hydrogens is 344 g/mol. The first-order valence-corrected chi connectivity index (χ1v) is 9.33. The van der Waals surface area contributed by atoms with Gasteiger partial charge in [-0.3, -0.25) is 10.0 Å². The number of nitrogens with zero attached hydrogens (tertiary/aromatic N) is 4. The molecule has 0 unspecified atom stereocenters. The van der Waals surface area contributed by atoms with Crippen molar-refractivity contribution < 1.29 is 0 Å². The third kappa shape index (κ3) is 4.86. The minimum atomic E-state index is 0.967. The molecule has 28 heavy (non-hydrogen) atoms. The van der Waals surface area contributed by atoms with Crippen LogP contribution in [0, 0.1) is 0 Å². The summed E-state index contributed by atoms with van der Waals surface area (Å²) in [5, 5.41) is 13.2. The van der Waals surface area contributed by atoms with Gasteiger partial charge in [0.2, 0.25) is 0 Å². The van der Waals surface area contributed by atoms with Crippen LogP contribution in [-0.2, 0) is 0 Å². The quantitative estimate of drug-likeness (QED) is 0.429. The Balaban J connectivity index is 1.73. The average Bonchev–Trinajstić information content (AvgIpc) is 2.75. The van der Waals surface area contributed by atoms with E-state index < -0.39 is 0 Å². The highest BCUT2D eigenvalue weighted by Gasteiger charge is 2.05. The van der Waals surface area contributed by atoms with E-state index in [0.29, 0.717) is 0 Å². The molecule has 0 aromatic heterocycles. The first-order valence-electron chi connectivity index (χ1n) is 9.33. The van der Waals surface area contributed by atoms with Crippen molar-refractivity contribution in [1.29, 1.82) is 0 Å². The summed E-state index contributed by atoms with van der Waals surface area (Å²) in [6, 6.07) is 28.6. The molecule has 0 aliphatic rings. The molecule has 0 atom stereocenters. The van der Waals surface area contributed by atoms with Crippen LogP contribution in [0.25, 0.3) is 0 Å². The fourth-order valence-electron chi connectivity index (χ4n) is 2.92. The molecule has 0 fully saturated rings. The van der Waals surface area contributed by atoms with E-state index in [2.05, 4.69) is 24.3 Å². The summed E-state index contributed by atoms with van der Waals surface area (Å²) >= 11 is 0. The first kappa shape index (κ1) is 19.4. The number of benzene rings is 3. The van der Waals surface area contributed by atoms with Crippen LogP contribution in [0.4, 0.5) is 11.4 Å². The van der Waals surface area contributed by atoms with E-state index in [9.17, 15) is 0 Å². The molecule has 0 spiro atoms. The van der Waals surface area contributed by atoms with Crippen molar-refractivity contribution >= 4 is 22.8 Å². The predicted octanol–water partition coefficient (Wildman–Crippen LogP) is 5.41. The third-order valence-electron chi connectivity index (χ3n) is 4.58. The van der Waals surface area contributed by atoms with Crippen molar-refractivity contribution in [2.24, 2.45) is 10.2 Å². The Labute approximate surface area is 167 Å². The molecule has 0 aliphatic carbocycles. The third-order valence-corrected chi connectivity index (χ3v) is 4.58. The summed E-state index contributed by atoms with van der Waals surface area (Å²) in [7, 11) is 3.92. The van der Waals surface area contributed by atoms with Gasteiger partial charge in [-0.2, -0.15) is 10.2 Å². The van der Waals surface area contributed by atoms with Crippen molar-refractivity contribution in [2.75, 3.05) is 24.1 Å².